The second-order valence-corrected chi connectivity index (χ2v) is 9.26. The van der Waals surface area contributed by atoms with Crippen molar-refractivity contribution in [1.29, 1.82) is 0 Å². The Morgan fingerprint density at radius 2 is 1.73 bits per heavy atom. The van der Waals surface area contributed by atoms with Gasteiger partial charge in [-0.3, -0.25) is 9.59 Å². The van der Waals surface area contributed by atoms with E-state index in [1.807, 2.05) is 12.1 Å². The van der Waals surface area contributed by atoms with Gasteiger partial charge in [-0.25, -0.2) is 8.42 Å². The Morgan fingerprint density at radius 1 is 1.10 bits per heavy atom. The van der Waals surface area contributed by atoms with E-state index in [0.29, 0.717) is 23.6 Å². The van der Waals surface area contributed by atoms with Crippen LogP contribution < -0.4 is 10.6 Å². The van der Waals surface area contributed by atoms with Crippen molar-refractivity contribution < 1.29 is 18.0 Å². The number of carbonyl (C=O) groups excluding carboxylic acids is 2. The van der Waals surface area contributed by atoms with Gasteiger partial charge in [-0.05, 0) is 54.5 Å². The maximum absolute atomic E-state index is 12.6. The zero-order valence-electron chi connectivity index (χ0n) is 16.2. The quantitative estimate of drug-likeness (QED) is 0.605. The summed E-state index contributed by atoms with van der Waals surface area (Å²) in [6, 6.07) is 13.0. The van der Waals surface area contributed by atoms with Crippen LogP contribution >= 0.6 is 11.6 Å². The summed E-state index contributed by atoms with van der Waals surface area (Å²) in [5.41, 5.74) is 1.43. The SMILES string of the molecule is C=CC(=O)NC1CN(S(=O)(=O)c2ccc(C(=O)NCCc3ccc(Cl)cc3)cc2)C1. The van der Waals surface area contributed by atoms with Gasteiger partial charge in [0, 0.05) is 30.2 Å². The number of benzene rings is 2. The first-order chi connectivity index (χ1) is 14.3. The van der Waals surface area contributed by atoms with Crippen LogP contribution in [0.25, 0.3) is 0 Å². The van der Waals surface area contributed by atoms with Gasteiger partial charge < -0.3 is 10.6 Å². The van der Waals surface area contributed by atoms with E-state index >= 15 is 0 Å². The number of halogens is 1. The van der Waals surface area contributed by atoms with Gasteiger partial charge in [0.15, 0.2) is 0 Å². The summed E-state index contributed by atoms with van der Waals surface area (Å²) in [4.78, 5) is 23.7. The second-order valence-electron chi connectivity index (χ2n) is 6.89. The number of hydrogen-bond donors (Lipinski definition) is 2. The first-order valence-electron chi connectivity index (χ1n) is 9.35. The van der Waals surface area contributed by atoms with Gasteiger partial charge in [0.25, 0.3) is 5.91 Å². The molecule has 7 nitrogen and oxygen atoms in total. The fraction of sp³-hybridized carbons (Fsp3) is 0.238. The van der Waals surface area contributed by atoms with Crippen LogP contribution in [-0.4, -0.2) is 50.2 Å². The molecule has 1 fully saturated rings. The molecule has 0 aliphatic carbocycles. The third-order valence-corrected chi connectivity index (χ3v) is 6.84. The summed E-state index contributed by atoms with van der Waals surface area (Å²) in [7, 11) is -3.66. The largest absolute Gasteiger partial charge is 0.352 e. The van der Waals surface area contributed by atoms with E-state index in [2.05, 4.69) is 17.2 Å². The molecular formula is C21H22ClN3O4S. The van der Waals surface area contributed by atoms with E-state index in [-0.39, 0.29) is 35.8 Å². The Balaban J connectivity index is 1.52. The van der Waals surface area contributed by atoms with Gasteiger partial charge in [-0.15, -0.1) is 0 Å². The molecule has 2 aromatic rings. The minimum absolute atomic E-state index is 0.105. The maximum atomic E-state index is 12.6. The molecule has 0 saturated carbocycles. The minimum atomic E-state index is -3.66. The number of nitrogens with zero attached hydrogens (tertiary/aromatic N) is 1. The van der Waals surface area contributed by atoms with E-state index in [0.717, 1.165) is 11.6 Å². The zero-order valence-corrected chi connectivity index (χ0v) is 17.7. The zero-order chi connectivity index (χ0) is 21.7. The highest BCUT2D eigenvalue weighted by atomic mass is 35.5. The summed E-state index contributed by atoms with van der Waals surface area (Å²) < 4.78 is 26.5. The van der Waals surface area contributed by atoms with E-state index < -0.39 is 10.0 Å². The van der Waals surface area contributed by atoms with Crippen molar-refractivity contribution in [1.82, 2.24) is 14.9 Å². The van der Waals surface area contributed by atoms with Crippen LogP contribution in [-0.2, 0) is 21.2 Å². The van der Waals surface area contributed by atoms with E-state index in [9.17, 15) is 18.0 Å². The number of nitrogens with one attached hydrogen (secondary N) is 2. The van der Waals surface area contributed by atoms with Gasteiger partial charge >= 0.3 is 0 Å². The summed E-state index contributed by atoms with van der Waals surface area (Å²) in [5, 5.41) is 6.13. The van der Waals surface area contributed by atoms with Crippen LogP contribution in [0, 0.1) is 0 Å². The molecule has 0 aromatic heterocycles. The average molecular weight is 448 g/mol. The lowest BCUT2D eigenvalue weighted by molar-refractivity contribution is -0.117. The number of hydrogen-bond acceptors (Lipinski definition) is 4. The summed E-state index contributed by atoms with van der Waals surface area (Å²) in [6.07, 6.45) is 1.81. The Kier molecular flexibility index (Phi) is 6.91. The molecule has 2 aromatic carbocycles. The third kappa shape index (κ3) is 5.27. The number of amides is 2. The molecule has 1 aliphatic heterocycles. The monoisotopic (exact) mass is 447 g/mol. The molecule has 3 rings (SSSR count). The number of carbonyl (C=O) groups is 2. The van der Waals surface area contributed by atoms with Crippen molar-refractivity contribution in [3.05, 3.63) is 77.3 Å². The van der Waals surface area contributed by atoms with Gasteiger partial charge in [0.2, 0.25) is 15.9 Å². The van der Waals surface area contributed by atoms with Gasteiger partial charge in [0.1, 0.15) is 0 Å². The summed E-state index contributed by atoms with van der Waals surface area (Å²) >= 11 is 5.85. The van der Waals surface area contributed by atoms with Crippen molar-refractivity contribution in [2.75, 3.05) is 19.6 Å². The normalized spacial score (nSPS) is 14.6. The summed E-state index contributed by atoms with van der Waals surface area (Å²) in [6.45, 7) is 4.22. The van der Waals surface area contributed by atoms with Crippen molar-refractivity contribution in [2.24, 2.45) is 0 Å². The fourth-order valence-electron chi connectivity index (χ4n) is 2.99. The molecule has 1 heterocycles. The van der Waals surface area contributed by atoms with Gasteiger partial charge in [-0.2, -0.15) is 4.31 Å². The molecule has 2 N–H and O–H groups in total. The van der Waals surface area contributed by atoms with Gasteiger partial charge in [0.05, 0.1) is 10.9 Å². The molecule has 0 unspecified atom stereocenters. The third-order valence-electron chi connectivity index (χ3n) is 4.75. The molecule has 1 aliphatic rings. The number of rotatable bonds is 8. The molecule has 9 heteroatoms. The molecule has 1 saturated heterocycles. The van der Waals surface area contributed by atoms with Crippen molar-refractivity contribution >= 4 is 33.4 Å². The topological polar surface area (TPSA) is 95.6 Å². The molecule has 0 bridgehead atoms. The fourth-order valence-corrected chi connectivity index (χ4v) is 4.64. The Labute approximate surface area is 180 Å². The van der Waals surface area contributed by atoms with Crippen LogP contribution in [0.4, 0.5) is 0 Å². The molecule has 0 radical (unpaired) electrons. The van der Waals surface area contributed by atoms with Crippen molar-refractivity contribution in [3.63, 3.8) is 0 Å². The van der Waals surface area contributed by atoms with Crippen LogP contribution in [0.2, 0.25) is 5.02 Å². The van der Waals surface area contributed by atoms with E-state index in [1.54, 1.807) is 12.1 Å². The molecule has 0 spiro atoms. The lowest BCUT2D eigenvalue weighted by Crippen LogP contribution is -2.60. The maximum Gasteiger partial charge on any atom is 0.251 e. The van der Waals surface area contributed by atoms with Gasteiger partial charge in [-0.1, -0.05) is 30.3 Å². The van der Waals surface area contributed by atoms with Crippen molar-refractivity contribution in [2.45, 2.75) is 17.4 Å². The lowest BCUT2D eigenvalue weighted by Gasteiger charge is -2.38. The molecule has 0 atom stereocenters. The first kappa shape index (κ1) is 22.0. The predicted octanol–water partition coefficient (Wildman–Crippen LogP) is 1.99. The average Bonchev–Trinajstić information content (AvgIpc) is 2.71. The highest BCUT2D eigenvalue weighted by Gasteiger charge is 2.37. The first-order valence-corrected chi connectivity index (χ1v) is 11.2. The van der Waals surface area contributed by atoms with Crippen LogP contribution in [0.5, 0.6) is 0 Å². The van der Waals surface area contributed by atoms with Crippen molar-refractivity contribution in [3.8, 4) is 0 Å². The van der Waals surface area contributed by atoms with Crippen LogP contribution in [0.3, 0.4) is 0 Å². The molecule has 2 amide bonds. The van der Waals surface area contributed by atoms with Crippen LogP contribution in [0.15, 0.2) is 66.1 Å². The summed E-state index contributed by atoms with van der Waals surface area (Å²) in [5.74, 6) is -0.604. The lowest BCUT2D eigenvalue weighted by atomic mass is 10.1. The standard InChI is InChI=1S/C21H22ClN3O4S/c1-2-20(26)24-18-13-25(14-18)30(28,29)19-9-5-16(6-10-19)21(27)23-12-11-15-3-7-17(22)8-4-15/h2-10,18H,1,11-14H2,(H,23,27)(H,24,26). The minimum Gasteiger partial charge on any atom is -0.352 e. The predicted molar refractivity (Wildman–Crippen MR) is 115 cm³/mol. The smallest absolute Gasteiger partial charge is 0.251 e. The Bertz CT molecular complexity index is 1030. The molecular weight excluding hydrogens is 426 g/mol. The van der Waals surface area contributed by atoms with E-state index in [1.165, 1.54) is 28.6 Å². The van der Waals surface area contributed by atoms with E-state index in [4.69, 9.17) is 11.6 Å². The Hall–Kier alpha value is -2.68. The Morgan fingerprint density at radius 3 is 2.33 bits per heavy atom. The molecule has 158 valence electrons. The second kappa shape index (κ2) is 9.42. The highest BCUT2D eigenvalue weighted by Crippen LogP contribution is 2.22. The molecule has 30 heavy (non-hydrogen) atoms. The number of sulfonamides is 1. The van der Waals surface area contributed by atoms with Crippen LogP contribution in [0.1, 0.15) is 15.9 Å². The highest BCUT2D eigenvalue weighted by molar-refractivity contribution is 7.89.